The van der Waals surface area contributed by atoms with Gasteiger partial charge in [0.1, 0.15) is 0 Å². The third kappa shape index (κ3) is 5.23. The summed E-state index contributed by atoms with van der Waals surface area (Å²) in [6.07, 6.45) is 0.848. The van der Waals surface area contributed by atoms with Crippen LogP contribution in [-0.4, -0.2) is 26.8 Å². The van der Waals surface area contributed by atoms with Crippen LogP contribution >= 0.6 is 0 Å². The number of nitrogens with one attached hydrogen (secondary N) is 1. The van der Waals surface area contributed by atoms with Crippen molar-refractivity contribution >= 4 is 10.0 Å². The molecule has 0 saturated heterocycles. The van der Waals surface area contributed by atoms with E-state index in [9.17, 15) is 8.42 Å². The normalized spacial score (nSPS) is 14.8. The average Bonchev–Trinajstić information content (AvgIpc) is 2.01. The second-order valence-corrected chi connectivity index (χ2v) is 5.95. The highest BCUT2D eigenvalue weighted by Crippen LogP contribution is 2.01. The summed E-state index contributed by atoms with van der Waals surface area (Å²) in [5, 5.41) is -0.363. The molecule has 0 spiro atoms. The lowest BCUT2D eigenvalue weighted by Gasteiger charge is -2.13. The standard InChI is InChI=1S/C8H20N2O2S/c1-7(2)13(11,12)10-6-8(3)4-5-9/h7-8,10H,4-6,9H2,1-3H3. The van der Waals surface area contributed by atoms with E-state index in [1.165, 1.54) is 0 Å². The summed E-state index contributed by atoms with van der Waals surface area (Å²) in [6.45, 7) is 6.39. The third-order valence-corrected chi connectivity index (χ3v) is 3.72. The van der Waals surface area contributed by atoms with E-state index in [0.29, 0.717) is 19.0 Å². The monoisotopic (exact) mass is 208 g/mol. The number of sulfonamides is 1. The largest absolute Gasteiger partial charge is 0.330 e. The Morgan fingerprint density at radius 2 is 1.85 bits per heavy atom. The molecule has 1 unspecified atom stereocenters. The first kappa shape index (κ1) is 12.9. The fourth-order valence-corrected chi connectivity index (χ4v) is 1.66. The maximum Gasteiger partial charge on any atom is 0.213 e. The molecule has 5 heteroatoms. The number of rotatable bonds is 6. The van der Waals surface area contributed by atoms with Crippen molar-refractivity contribution in [2.45, 2.75) is 32.4 Å². The van der Waals surface area contributed by atoms with Gasteiger partial charge in [0.2, 0.25) is 10.0 Å². The van der Waals surface area contributed by atoms with Crippen LogP contribution in [0.5, 0.6) is 0 Å². The van der Waals surface area contributed by atoms with Gasteiger partial charge in [0.15, 0.2) is 0 Å². The molecule has 0 heterocycles. The van der Waals surface area contributed by atoms with Crippen LogP contribution in [0.4, 0.5) is 0 Å². The summed E-state index contributed by atoms with van der Waals surface area (Å²) < 4.78 is 25.2. The quantitative estimate of drug-likeness (QED) is 0.659. The topological polar surface area (TPSA) is 72.2 Å². The van der Waals surface area contributed by atoms with Crippen LogP contribution in [0, 0.1) is 5.92 Å². The van der Waals surface area contributed by atoms with Crippen molar-refractivity contribution in [2.75, 3.05) is 13.1 Å². The molecule has 0 saturated carbocycles. The smallest absolute Gasteiger partial charge is 0.213 e. The van der Waals surface area contributed by atoms with E-state index in [4.69, 9.17) is 5.73 Å². The Bertz CT molecular complexity index is 224. The summed E-state index contributed by atoms with van der Waals surface area (Å²) >= 11 is 0. The van der Waals surface area contributed by atoms with Gasteiger partial charge in [-0.15, -0.1) is 0 Å². The van der Waals surface area contributed by atoms with Gasteiger partial charge in [-0.05, 0) is 32.7 Å². The van der Waals surface area contributed by atoms with Crippen LogP contribution in [0.2, 0.25) is 0 Å². The van der Waals surface area contributed by atoms with Gasteiger partial charge in [-0.25, -0.2) is 13.1 Å². The van der Waals surface area contributed by atoms with Gasteiger partial charge in [-0.1, -0.05) is 6.92 Å². The third-order valence-electron chi connectivity index (χ3n) is 1.91. The second kappa shape index (κ2) is 5.57. The van der Waals surface area contributed by atoms with Gasteiger partial charge in [0.25, 0.3) is 0 Å². The molecule has 4 nitrogen and oxygen atoms in total. The Morgan fingerprint density at radius 3 is 2.23 bits per heavy atom. The van der Waals surface area contributed by atoms with E-state index in [-0.39, 0.29) is 5.25 Å². The minimum absolute atomic E-state index is 0.304. The van der Waals surface area contributed by atoms with Gasteiger partial charge in [0.05, 0.1) is 5.25 Å². The predicted molar refractivity (Wildman–Crippen MR) is 54.9 cm³/mol. The highest BCUT2D eigenvalue weighted by atomic mass is 32.2. The predicted octanol–water partition coefficient (Wildman–Crippen LogP) is 0.299. The van der Waals surface area contributed by atoms with Crippen molar-refractivity contribution in [3.05, 3.63) is 0 Å². The first-order valence-electron chi connectivity index (χ1n) is 4.58. The molecule has 0 amide bonds. The molecule has 0 aliphatic heterocycles. The number of hydrogen-bond donors (Lipinski definition) is 2. The summed E-state index contributed by atoms with van der Waals surface area (Å²) in [6, 6.07) is 0. The van der Waals surface area contributed by atoms with Crippen molar-refractivity contribution in [1.29, 1.82) is 0 Å². The van der Waals surface area contributed by atoms with Crippen LogP contribution in [0.15, 0.2) is 0 Å². The first-order chi connectivity index (χ1) is 5.90. The van der Waals surface area contributed by atoms with E-state index >= 15 is 0 Å². The zero-order valence-electron chi connectivity index (χ0n) is 8.58. The number of hydrogen-bond acceptors (Lipinski definition) is 3. The van der Waals surface area contributed by atoms with Gasteiger partial charge < -0.3 is 5.73 Å². The molecule has 0 aromatic carbocycles. The second-order valence-electron chi connectivity index (χ2n) is 3.62. The Labute approximate surface area is 80.9 Å². The van der Waals surface area contributed by atoms with E-state index in [1.54, 1.807) is 13.8 Å². The minimum atomic E-state index is -3.10. The molecule has 1 atom stereocenters. The Hall–Kier alpha value is -0.130. The Morgan fingerprint density at radius 1 is 1.31 bits per heavy atom. The fourth-order valence-electron chi connectivity index (χ4n) is 0.812. The van der Waals surface area contributed by atoms with Crippen LogP contribution in [0.3, 0.4) is 0 Å². The van der Waals surface area contributed by atoms with Gasteiger partial charge in [-0.2, -0.15) is 0 Å². The molecule has 0 aromatic rings. The minimum Gasteiger partial charge on any atom is -0.330 e. The van der Waals surface area contributed by atoms with E-state index in [1.807, 2.05) is 6.92 Å². The molecule has 80 valence electrons. The van der Waals surface area contributed by atoms with Crippen LogP contribution in [0.25, 0.3) is 0 Å². The summed E-state index contributed by atoms with van der Waals surface area (Å²) in [4.78, 5) is 0. The molecule has 0 aromatic heterocycles. The van der Waals surface area contributed by atoms with E-state index in [0.717, 1.165) is 6.42 Å². The van der Waals surface area contributed by atoms with E-state index < -0.39 is 10.0 Å². The molecular weight excluding hydrogens is 188 g/mol. The van der Waals surface area contributed by atoms with Gasteiger partial charge in [-0.3, -0.25) is 0 Å². The Balaban J connectivity index is 3.89. The summed E-state index contributed by atoms with van der Waals surface area (Å²) in [7, 11) is -3.10. The zero-order chi connectivity index (χ0) is 10.5. The molecule has 0 aliphatic carbocycles. The summed E-state index contributed by atoms with van der Waals surface area (Å²) in [5.74, 6) is 0.304. The van der Waals surface area contributed by atoms with Crippen molar-refractivity contribution in [1.82, 2.24) is 4.72 Å². The van der Waals surface area contributed by atoms with Crippen LogP contribution < -0.4 is 10.5 Å². The van der Waals surface area contributed by atoms with Crippen molar-refractivity contribution in [2.24, 2.45) is 11.7 Å². The molecular formula is C8H20N2O2S. The lowest BCUT2D eigenvalue weighted by Crippen LogP contribution is -2.34. The average molecular weight is 208 g/mol. The lowest BCUT2D eigenvalue weighted by molar-refractivity contribution is 0.512. The molecule has 0 bridgehead atoms. The molecule has 0 aliphatic rings. The molecule has 0 rings (SSSR count). The highest BCUT2D eigenvalue weighted by molar-refractivity contribution is 7.90. The van der Waals surface area contributed by atoms with Crippen molar-refractivity contribution in [3.63, 3.8) is 0 Å². The fraction of sp³-hybridized carbons (Fsp3) is 1.00. The summed E-state index contributed by atoms with van der Waals surface area (Å²) in [5.41, 5.74) is 5.35. The van der Waals surface area contributed by atoms with E-state index in [2.05, 4.69) is 4.72 Å². The van der Waals surface area contributed by atoms with Crippen molar-refractivity contribution in [3.8, 4) is 0 Å². The Kier molecular flexibility index (Phi) is 5.51. The highest BCUT2D eigenvalue weighted by Gasteiger charge is 2.15. The molecule has 0 radical (unpaired) electrons. The maximum absolute atomic E-state index is 11.3. The molecule has 3 N–H and O–H groups in total. The van der Waals surface area contributed by atoms with Crippen molar-refractivity contribution < 1.29 is 8.42 Å². The molecule has 13 heavy (non-hydrogen) atoms. The first-order valence-corrected chi connectivity index (χ1v) is 6.13. The molecule has 0 fully saturated rings. The van der Waals surface area contributed by atoms with Crippen LogP contribution in [-0.2, 0) is 10.0 Å². The van der Waals surface area contributed by atoms with Crippen LogP contribution in [0.1, 0.15) is 27.2 Å². The van der Waals surface area contributed by atoms with Gasteiger partial charge in [0, 0.05) is 6.54 Å². The number of nitrogens with two attached hydrogens (primary N) is 1. The lowest BCUT2D eigenvalue weighted by atomic mass is 10.1. The van der Waals surface area contributed by atoms with Gasteiger partial charge >= 0.3 is 0 Å². The SMILES string of the molecule is CC(CCN)CNS(=O)(=O)C(C)C. The zero-order valence-corrected chi connectivity index (χ0v) is 9.39. The maximum atomic E-state index is 11.3.